The molecule has 7 heteroatoms. The van der Waals surface area contributed by atoms with E-state index >= 15 is 0 Å². The van der Waals surface area contributed by atoms with Crippen molar-refractivity contribution in [3.63, 3.8) is 0 Å². The smallest absolute Gasteiger partial charge is 0.410 e. The zero-order chi connectivity index (χ0) is 17.3. The van der Waals surface area contributed by atoms with Gasteiger partial charge in [0.15, 0.2) is 0 Å². The van der Waals surface area contributed by atoms with Gasteiger partial charge in [0.05, 0.1) is 18.8 Å². The van der Waals surface area contributed by atoms with Gasteiger partial charge < -0.3 is 19.3 Å². The van der Waals surface area contributed by atoms with Crippen molar-refractivity contribution in [3.05, 3.63) is 0 Å². The van der Waals surface area contributed by atoms with Gasteiger partial charge in [-0.25, -0.2) is 4.79 Å². The molecule has 0 aromatic rings. The maximum absolute atomic E-state index is 12.5. The number of amides is 2. The Labute approximate surface area is 143 Å². The van der Waals surface area contributed by atoms with Crippen molar-refractivity contribution in [1.82, 2.24) is 14.7 Å². The third-order valence-electron chi connectivity index (χ3n) is 4.78. The van der Waals surface area contributed by atoms with Gasteiger partial charge in [0, 0.05) is 39.3 Å². The lowest BCUT2D eigenvalue weighted by Crippen LogP contribution is -2.54. The van der Waals surface area contributed by atoms with Crippen LogP contribution in [0.4, 0.5) is 4.79 Å². The van der Waals surface area contributed by atoms with Gasteiger partial charge >= 0.3 is 6.09 Å². The van der Waals surface area contributed by atoms with E-state index in [-0.39, 0.29) is 24.2 Å². The highest BCUT2D eigenvalue weighted by atomic mass is 16.6. The molecule has 24 heavy (non-hydrogen) atoms. The first-order valence-electron chi connectivity index (χ1n) is 8.94. The van der Waals surface area contributed by atoms with Gasteiger partial charge in [-0.1, -0.05) is 0 Å². The van der Waals surface area contributed by atoms with Crippen LogP contribution in [-0.4, -0.2) is 90.3 Å². The maximum Gasteiger partial charge on any atom is 0.410 e. The summed E-state index contributed by atoms with van der Waals surface area (Å²) in [5, 5.41) is 0. The number of likely N-dealkylation sites (tertiary alicyclic amines) is 1. The number of carbonyl (C=O) groups is 2. The second kappa shape index (κ2) is 6.88. The number of nitrogens with zero attached hydrogens (tertiary/aromatic N) is 3. The summed E-state index contributed by atoms with van der Waals surface area (Å²) in [6.07, 6.45) is 2.35. The van der Waals surface area contributed by atoms with E-state index in [1.165, 1.54) is 0 Å². The molecular formula is C17H29N3O4. The molecule has 0 aliphatic carbocycles. The van der Waals surface area contributed by atoms with Crippen molar-refractivity contribution in [3.8, 4) is 0 Å². The highest BCUT2D eigenvalue weighted by molar-refractivity contribution is 5.78. The second-order valence-electron chi connectivity index (χ2n) is 8.00. The molecule has 2 unspecified atom stereocenters. The predicted octanol–water partition coefficient (Wildman–Crippen LogP) is 0.929. The fourth-order valence-corrected chi connectivity index (χ4v) is 3.52. The number of morpholine rings is 1. The molecule has 3 heterocycles. The molecule has 3 fully saturated rings. The summed E-state index contributed by atoms with van der Waals surface area (Å²) >= 11 is 0. The summed E-state index contributed by atoms with van der Waals surface area (Å²) in [5.41, 5.74) is -0.472. The van der Waals surface area contributed by atoms with E-state index in [0.29, 0.717) is 32.7 Å². The Bertz CT molecular complexity index is 471. The van der Waals surface area contributed by atoms with Gasteiger partial charge in [-0.05, 0) is 33.6 Å². The quantitative estimate of drug-likeness (QED) is 0.749. The van der Waals surface area contributed by atoms with Crippen LogP contribution in [0.5, 0.6) is 0 Å². The molecule has 3 rings (SSSR count). The molecule has 0 radical (unpaired) electrons. The van der Waals surface area contributed by atoms with Crippen molar-refractivity contribution in [2.24, 2.45) is 0 Å². The van der Waals surface area contributed by atoms with Crippen molar-refractivity contribution < 1.29 is 19.1 Å². The van der Waals surface area contributed by atoms with Gasteiger partial charge in [0.2, 0.25) is 5.91 Å². The number of hydrogen-bond donors (Lipinski definition) is 0. The fourth-order valence-electron chi connectivity index (χ4n) is 3.52. The Morgan fingerprint density at radius 3 is 2.12 bits per heavy atom. The van der Waals surface area contributed by atoms with Crippen molar-refractivity contribution in [2.45, 2.75) is 51.4 Å². The Balaban J connectivity index is 1.42. The van der Waals surface area contributed by atoms with Crippen molar-refractivity contribution in [2.75, 3.05) is 45.8 Å². The van der Waals surface area contributed by atoms with E-state index in [4.69, 9.17) is 9.47 Å². The Kier molecular flexibility index (Phi) is 5.01. The zero-order valence-electron chi connectivity index (χ0n) is 15.0. The number of hydrogen-bond acceptors (Lipinski definition) is 5. The minimum atomic E-state index is -0.472. The van der Waals surface area contributed by atoms with Gasteiger partial charge in [-0.15, -0.1) is 0 Å². The number of ether oxygens (including phenoxy) is 2. The van der Waals surface area contributed by atoms with Crippen molar-refractivity contribution >= 4 is 12.0 Å². The second-order valence-corrected chi connectivity index (χ2v) is 8.00. The third-order valence-corrected chi connectivity index (χ3v) is 4.78. The average Bonchev–Trinajstić information content (AvgIpc) is 2.84. The van der Waals surface area contributed by atoms with Crippen LogP contribution in [0, 0.1) is 0 Å². The van der Waals surface area contributed by atoms with Crippen LogP contribution in [0.3, 0.4) is 0 Å². The van der Waals surface area contributed by atoms with Gasteiger partial charge in [-0.2, -0.15) is 0 Å². The molecule has 7 nitrogen and oxygen atoms in total. The van der Waals surface area contributed by atoms with E-state index in [1.807, 2.05) is 25.7 Å². The fraction of sp³-hybridized carbons (Fsp3) is 0.882. The van der Waals surface area contributed by atoms with Crippen LogP contribution in [0.2, 0.25) is 0 Å². The molecule has 0 aromatic heterocycles. The largest absolute Gasteiger partial charge is 0.444 e. The molecule has 0 saturated carbocycles. The lowest BCUT2D eigenvalue weighted by molar-refractivity contribution is -0.141. The van der Waals surface area contributed by atoms with E-state index in [9.17, 15) is 9.59 Å². The lowest BCUT2D eigenvalue weighted by Gasteiger charge is -2.37. The maximum atomic E-state index is 12.5. The Morgan fingerprint density at radius 1 is 1.00 bits per heavy atom. The molecule has 136 valence electrons. The van der Waals surface area contributed by atoms with Gasteiger partial charge in [-0.3, -0.25) is 9.69 Å². The molecular weight excluding hydrogens is 310 g/mol. The standard InChI is InChI=1S/C17H29N3O4/c1-17(2,3)24-16(22)19-8-6-18(7-9-19)12-15(21)20-10-13-4-5-14(11-20)23-13/h13-14H,4-12H2,1-3H3. The van der Waals surface area contributed by atoms with Crippen LogP contribution >= 0.6 is 0 Å². The van der Waals surface area contributed by atoms with Crippen LogP contribution in [-0.2, 0) is 14.3 Å². The van der Waals surface area contributed by atoms with Crippen LogP contribution in [0.15, 0.2) is 0 Å². The van der Waals surface area contributed by atoms with Crippen LogP contribution in [0.1, 0.15) is 33.6 Å². The zero-order valence-corrected chi connectivity index (χ0v) is 15.0. The summed E-state index contributed by atoms with van der Waals surface area (Å²) < 4.78 is 11.2. The van der Waals surface area contributed by atoms with E-state index in [2.05, 4.69) is 4.90 Å². The highest BCUT2D eigenvalue weighted by Crippen LogP contribution is 2.26. The van der Waals surface area contributed by atoms with Crippen LogP contribution < -0.4 is 0 Å². The highest BCUT2D eigenvalue weighted by Gasteiger charge is 2.36. The molecule has 0 aromatic carbocycles. The molecule has 0 N–H and O–H groups in total. The monoisotopic (exact) mass is 339 g/mol. The normalized spacial score (nSPS) is 28.1. The summed E-state index contributed by atoms with van der Waals surface area (Å²) in [4.78, 5) is 30.4. The van der Waals surface area contributed by atoms with Crippen molar-refractivity contribution in [1.29, 1.82) is 0 Å². The molecule has 2 atom stereocenters. The molecule has 0 spiro atoms. The van der Waals surface area contributed by atoms with E-state index in [1.54, 1.807) is 4.90 Å². The Hall–Kier alpha value is -1.34. The average molecular weight is 339 g/mol. The van der Waals surface area contributed by atoms with E-state index in [0.717, 1.165) is 25.9 Å². The summed E-state index contributed by atoms with van der Waals surface area (Å²) in [6, 6.07) is 0. The summed E-state index contributed by atoms with van der Waals surface area (Å²) in [7, 11) is 0. The topological polar surface area (TPSA) is 62.3 Å². The third kappa shape index (κ3) is 4.39. The summed E-state index contributed by atoms with van der Waals surface area (Å²) in [5.74, 6) is 0.181. The summed E-state index contributed by atoms with van der Waals surface area (Å²) in [6.45, 7) is 10.1. The number of fused-ring (bicyclic) bond motifs is 2. The predicted molar refractivity (Wildman–Crippen MR) is 88.7 cm³/mol. The number of rotatable bonds is 2. The first-order valence-corrected chi connectivity index (χ1v) is 8.94. The van der Waals surface area contributed by atoms with Gasteiger partial charge in [0.1, 0.15) is 5.60 Å². The van der Waals surface area contributed by atoms with Gasteiger partial charge in [0.25, 0.3) is 0 Å². The van der Waals surface area contributed by atoms with E-state index < -0.39 is 5.60 Å². The molecule has 3 aliphatic rings. The van der Waals surface area contributed by atoms with Crippen LogP contribution in [0.25, 0.3) is 0 Å². The first kappa shape index (κ1) is 17.5. The minimum Gasteiger partial charge on any atom is -0.444 e. The lowest BCUT2D eigenvalue weighted by atomic mass is 10.2. The first-order chi connectivity index (χ1) is 11.3. The number of carbonyl (C=O) groups excluding carboxylic acids is 2. The Morgan fingerprint density at radius 2 is 1.58 bits per heavy atom. The molecule has 3 aliphatic heterocycles. The number of piperazine rings is 1. The SMILES string of the molecule is CC(C)(C)OC(=O)N1CCN(CC(=O)N2CC3CCC(C2)O3)CC1. The minimum absolute atomic E-state index is 0.181. The molecule has 3 saturated heterocycles. The molecule has 2 bridgehead atoms. The molecule has 2 amide bonds.